The normalized spacial score (nSPS) is 12.2. The van der Waals surface area contributed by atoms with Crippen LogP contribution in [0.5, 0.6) is 0 Å². The number of rotatable bonds is 6. The number of carbonyl (C=O) groups excluding carboxylic acids is 1. The summed E-state index contributed by atoms with van der Waals surface area (Å²) in [6, 6.07) is 26.0. The standard InChI is InChI=1S/C27H24N4O/c28-16-21(15-18-7-3-1-4-8-18)30-27(32)24-23-12-11-20-17-29-14-13-22(20)26(23)31-25(24)19-9-5-2-6-10-19/h1-14,17,21,31H,15-16,28H2,(H,30,32)/p+1/t21-/m0/s1. The van der Waals surface area contributed by atoms with Crippen LogP contribution in [-0.4, -0.2) is 23.5 Å². The van der Waals surface area contributed by atoms with E-state index in [1.54, 1.807) is 0 Å². The maximum atomic E-state index is 13.6. The SMILES string of the molecule is NC[C@H](Cc1ccccc1)NC(=O)c1c(-c2ccccc2)[nH]c2c1ccc1c[nH+]ccc12. The zero-order valence-corrected chi connectivity index (χ0v) is 17.6. The minimum absolute atomic E-state index is 0.122. The van der Waals surface area contributed by atoms with Crippen molar-refractivity contribution in [2.75, 3.05) is 6.54 Å². The van der Waals surface area contributed by atoms with Gasteiger partial charge in [-0.3, -0.25) is 4.79 Å². The van der Waals surface area contributed by atoms with Gasteiger partial charge in [0.15, 0.2) is 12.4 Å². The monoisotopic (exact) mass is 421 g/mol. The van der Waals surface area contributed by atoms with Gasteiger partial charge in [-0.25, -0.2) is 4.98 Å². The van der Waals surface area contributed by atoms with Crippen molar-refractivity contribution in [2.45, 2.75) is 12.5 Å². The van der Waals surface area contributed by atoms with Crippen molar-refractivity contribution in [1.29, 1.82) is 0 Å². The van der Waals surface area contributed by atoms with E-state index in [2.05, 4.69) is 27.4 Å². The molecule has 5 nitrogen and oxygen atoms in total. The first-order chi connectivity index (χ1) is 15.7. The van der Waals surface area contributed by atoms with Crippen LogP contribution in [0.3, 0.4) is 0 Å². The molecule has 0 unspecified atom stereocenters. The molecule has 0 saturated heterocycles. The molecule has 1 amide bonds. The van der Waals surface area contributed by atoms with Gasteiger partial charge in [0.1, 0.15) is 0 Å². The van der Waals surface area contributed by atoms with Gasteiger partial charge < -0.3 is 16.0 Å². The third kappa shape index (κ3) is 3.74. The molecule has 1 atom stereocenters. The Morgan fingerprint density at radius 1 is 0.938 bits per heavy atom. The molecule has 2 heterocycles. The molecular formula is C27H25N4O+. The number of pyridine rings is 1. The van der Waals surface area contributed by atoms with E-state index in [9.17, 15) is 4.79 Å². The summed E-state index contributed by atoms with van der Waals surface area (Å²) >= 11 is 0. The number of hydrogen-bond acceptors (Lipinski definition) is 2. The lowest BCUT2D eigenvalue weighted by atomic mass is 10.0. The molecule has 32 heavy (non-hydrogen) atoms. The molecule has 2 aromatic heterocycles. The van der Waals surface area contributed by atoms with E-state index < -0.39 is 0 Å². The van der Waals surface area contributed by atoms with Gasteiger partial charge in [0.2, 0.25) is 0 Å². The van der Waals surface area contributed by atoms with Gasteiger partial charge >= 0.3 is 0 Å². The van der Waals surface area contributed by atoms with Crippen LogP contribution in [0.15, 0.2) is 91.3 Å². The molecule has 0 aliphatic heterocycles. The highest BCUT2D eigenvalue weighted by atomic mass is 16.1. The lowest BCUT2D eigenvalue weighted by Gasteiger charge is -2.17. The van der Waals surface area contributed by atoms with E-state index in [0.29, 0.717) is 18.5 Å². The van der Waals surface area contributed by atoms with Gasteiger partial charge in [0.05, 0.1) is 16.8 Å². The molecule has 5 N–H and O–H groups in total. The summed E-state index contributed by atoms with van der Waals surface area (Å²) in [5.74, 6) is -0.122. The Morgan fingerprint density at radius 3 is 2.44 bits per heavy atom. The van der Waals surface area contributed by atoms with E-state index in [-0.39, 0.29) is 11.9 Å². The number of aromatic nitrogens is 2. The average molecular weight is 422 g/mol. The topological polar surface area (TPSA) is 85.0 Å². The molecular weight excluding hydrogens is 396 g/mol. The van der Waals surface area contributed by atoms with Crippen LogP contribution in [0.4, 0.5) is 0 Å². The summed E-state index contributed by atoms with van der Waals surface area (Å²) in [6.07, 6.45) is 4.54. The quantitative estimate of drug-likeness (QED) is 0.386. The molecule has 0 bridgehead atoms. The molecule has 0 saturated carbocycles. The van der Waals surface area contributed by atoms with Crippen molar-refractivity contribution in [1.82, 2.24) is 10.3 Å². The van der Waals surface area contributed by atoms with Gasteiger partial charge in [0.25, 0.3) is 5.91 Å². The molecule has 0 radical (unpaired) electrons. The highest BCUT2D eigenvalue weighted by molar-refractivity contribution is 6.18. The zero-order valence-electron chi connectivity index (χ0n) is 17.6. The van der Waals surface area contributed by atoms with Crippen molar-refractivity contribution < 1.29 is 9.78 Å². The first-order valence-corrected chi connectivity index (χ1v) is 10.8. The molecule has 0 aliphatic rings. The largest absolute Gasteiger partial charge is 0.353 e. The predicted octanol–water partition coefficient (Wildman–Crippen LogP) is 4.10. The Hall–Kier alpha value is -3.96. The van der Waals surface area contributed by atoms with Gasteiger partial charge in [-0.05, 0) is 23.6 Å². The maximum Gasteiger partial charge on any atom is 0.254 e. The summed E-state index contributed by atoms with van der Waals surface area (Å²) in [5.41, 5.74) is 10.6. The minimum atomic E-state index is -0.159. The summed E-state index contributed by atoms with van der Waals surface area (Å²) in [5, 5.41) is 6.22. The van der Waals surface area contributed by atoms with Crippen molar-refractivity contribution >= 4 is 27.6 Å². The highest BCUT2D eigenvalue weighted by Gasteiger charge is 2.23. The number of benzene rings is 3. The van der Waals surface area contributed by atoms with E-state index in [4.69, 9.17) is 5.73 Å². The fraction of sp³-hybridized carbons (Fsp3) is 0.111. The Labute approximate surface area is 186 Å². The summed E-state index contributed by atoms with van der Waals surface area (Å²) < 4.78 is 0. The smallest absolute Gasteiger partial charge is 0.254 e. The van der Waals surface area contributed by atoms with Crippen LogP contribution >= 0.6 is 0 Å². The molecule has 5 aromatic rings. The third-order valence-electron chi connectivity index (χ3n) is 5.87. The van der Waals surface area contributed by atoms with Crippen LogP contribution < -0.4 is 16.0 Å². The molecule has 0 spiro atoms. The van der Waals surface area contributed by atoms with Crippen LogP contribution in [0.2, 0.25) is 0 Å². The number of nitrogens with two attached hydrogens (primary N) is 1. The second-order valence-corrected chi connectivity index (χ2v) is 7.97. The number of fused-ring (bicyclic) bond motifs is 3. The average Bonchev–Trinajstić information content (AvgIpc) is 3.25. The Kier molecular flexibility index (Phi) is 5.40. The summed E-state index contributed by atoms with van der Waals surface area (Å²) in [7, 11) is 0. The van der Waals surface area contributed by atoms with E-state index in [1.807, 2.05) is 79.1 Å². The number of aromatic amines is 2. The third-order valence-corrected chi connectivity index (χ3v) is 5.87. The molecule has 3 aromatic carbocycles. The van der Waals surface area contributed by atoms with Crippen LogP contribution in [0.1, 0.15) is 15.9 Å². The van der Waals surface area contributed by atoms with Crippen LogP contribution in [0.25, 0.3) is 32.9 Å². The van der Waals surface area contributed by atoms with Crippen molar-refractivity contribution in [3.63, 3.8) is 0 Å². The first kappa shape index (κ1) is 20.0. The molecule has 0 aliphatic carbocycles. The minimum Gasteiger partial charge on any atom is -0.353 e. The number of carbonyl (C=O) groups is 1. The van der Waals surface area contributed by atoms with Crippen LogP contribution in [-0.2, 0) is 6.42 Å². The first-order valence-electron chi connectivity index (χ1n) is 10.8. The van der Waals surface area contributed by atoms with Crippen molar-refractivity contribution in [3.05, 3.63) is 102 Å². The lowest BCUT2D eigenvalue weighted by Crippen LogP contribution is -2.41. The molecule has 0 fully saturated rings. The second-order valence-electron chi connectivity index (χ2n) is 7.97. The van der Waals surface area contributed by atoms with Gasteiger partial charge in [0, 0.05) is 34.8 Å². The predicted molar refractivity (Wildman–Crippen MR) is 128 cm³/mol. The maximum absolute atomic E-state index is 13.6. The van der Waals surface area contributed by atoms with Crippen molar-refractivity contribution in [3.8, 4) is 11.3 Å². The number of hydrogen-bond donors (Lipinski definition) is 3. The fourth-order valence-corrected chi connectivity index (χ4v) is 4.28. The number of H-pyrrole nitrogens is 2. The fourth-order valence-electron chi connectivity index (χ4n) is 4.28. The van der Waals surface area contributed by atoms with Gasteiger partial charge in [-0.1, -0.05) is 66.7 Å². The molecule has 5 rings (SSSR count). The zero-order chi connectivity index (χ0) is 21.9. The second kappa shape index (κ2) is 8.65. The van der Waals surface area contributed by atoms with E-state index in [0.717, 1.165) is 38.5 Å². The van der Waals surface area contributed by atoms with Crippen LogP contribution in [0, 0.1) is 0 Å². The lowest BCUT2D eigenvalue weighted by molar-refractivity contribution is -0.375. The number of nitrogens with one attached hydrogen (secondary N) is 3. The van der Waals surface area contributed by atoms with E-state index in [1.165, 1.54) is 0 Å². The van der Waals surface area contributed by atoms with Gasteiger partial charge in [-0.15, -0.1) is 0 Å². The van der Waals surface area contributed by atoms with Crippen molar-refractivity contribution in [2.24, 2.45) is 5.73 Å². The number of amides is 1. The van der Waals surface area contributed by atoms with Gasteiger partial charge in [-0.2, -0.15) is 0 Å². The Morgan fingerprint density at radius 2 is 1.69 bits per heavy atom. The Balaban J connectivity index is 1.59. The van der Waals surface area contributed by atoms with E-state index >= 15 is 0 Å². The molecule has 5 heteroatoms. The summed E-state index contributed by atoms with van der Waals surface area (Å²) in [4.78, 5) is 20.3. The Bertz CT molecular complexity index is 1380. The molecule has 158 valence electrons. The summed E-state index contributed by atoms with van der Waals surface area (Å²) in [6.45, 7) is 0.364. The highest BCUT2D eigenvalue weighted by Crippen LogP contribution is 2.34.